The van der Waals surface area contributed by atoms with Gasteiger partial charge in [-0.05, 0) is 25.7 Å². The van der Waals surface area contributed by atoms with E-state index in [0.717, 1.165) is 19.6 Å². The summed E-state index contributed by atoms with van der Waals surface area (Å²) >= 11 is 0. The van der Waals surface area contributed by atoms with Crippen LogP contribution in [0.4, 0.5) is 0 Å². The third-order valence-electron chi connectivity index (χ3n) is 3.70. The lowest BCUT2D eigenvalue weighted by molar-refractivity contribution is -0.215. The van der Waals surface area contributed by atoms with Crippen LogP contribution in [-0.4, -0.2) is 19.0 Å². The van der Waals surface area contributed by atoms with E-state index in [9.17, 15) is 0 Å². The smallest absolute Gasteiger partial charge is 0.171 e. The van der Waals surface area contributed by atoms with E-state index in [1.807, 2.05) is 0 Å². The topological polar surface area (TPSA) is 18.5 Å². The molecule has 1 aliphatic carbocycles. The lowest BCUT2D eigenvalue weighted by atomic mass is 9.75. The van der Waals surface area contributed by atoms with Gasteiger partial charge in [0.05, 0.1) is 13.2 Å². The molecule has 1 unspecified atom stereocenters. The summed E-state index contributed by atoms with van der Waals surface area (Å²) in [4.78, 5) is 0. The third kappa shape index (κ3) is 1.61. The van der Waals surface area contributed by atoms with Crippen molar-refractivity contribution < 1.29 is 9.47 Å². The Hall–Kier alpha value is -0.340. The van der Waals surface area contributed by atoms with E-state index in [-0.39, 0.29) is 5.79 Å². The molecule has 1 heterocycles. The SMILES string of the molecule is C=C(C)[C@@H]1CCC(C)C2(C1)OCCO2. The summed E-state index contributed by atoms with van der Waals surface area (Å²) in [7, 11) is 0. The maximum atomic E-state index is 5.81. The monoisotopic (exact) mass is 196 g/mol. The summed E-state index contributed by atoms with van der Waals surface area (Å²) in [6, 6.07) is 0. The van der Waals surface area contributed by atoms with Crippen molar-refractivity contribution in [3.8, 4) is 0 Å². The van der Waals surface area contributed by atoms with Crippen molar-refractivity contribution in [2.45, 2.75) is 38.9 Å². The van der Waals surface area contributed by atoms with Gasteiger partial charge in [0.2, 0.25) is 0 Å². The van der Waals surface area contributed by atoms with Crippen molar-refractivity contribution >= 4 is 0 Å². The van der Waals surface area contributed by atoms with Crippen LogP contribution in [-0.2, 0) is 9.47 Å². The molecular weight excluding hydrogens is 176 g/mol. The molecule has 0 aromatic carbocycles. The van der Waals surface area contributed by atoms with Crippen LogP contribution in [0, 0.1) is 11.8 Å². The maximum Gasteiger partial charge on any atom is 0.171 e. The molecule has 0 bridgehead atoms. The van der Waals surface area contributed by atoms with Crippen molar-refractivity contribution in [1.82, 2.24) is 0 Å². The van der Waals surface area contributed by atoms with Crippen LogP contribution in [0.5, 0.6) is 0 Å². The highest BCUT2D eigenvalue weighted by Crippen LogP contribution is 2.44. The van der Waals surface area contributed by atoms with Gasteiger partial charge in [-0.25, -0.2) is 0 Å². The standard InChI is InChI=1S/C12H20O2/c1-9(2)11-5-4-10(3)12(8-11)13-6-7-14-12/h10-11H,1,4-8H2,2-3H3/t10?,11-/m1/s1. The summed E-state index contributed by atoms with van der Waals surface area (Å²) < 4.78 is 11.6. The number of hydrogen-bond acceptors (Lipinski definition) is 2. The van der Waals surface area contributed by atoms with Crippen LogP contribution >= 0.6 is 0 Å². The van der Waals surface area contributed by atoms with Crippen LogP contribution in [0.15, 0.2) is 12.2 Å². The predicted molar refractivity (Wildman–Crippen MR) is 56.0 cm³/mol. The first-order chi connectivity index (χ1) is 6.64. The van der Waals surface area contributed by atoms with Crippen LogP contribution in [0.25, 0.3) is 0 Å². The maximum absolute atomic E-state index is 5.81. The van der Waals surface area contributed by atoms with Crippen LogP contribution in [0.2, 0.25) is 0 Å². The van der Waals surface area contributed by atoms with Crippen LogP contribution < -0.4 is 0 Å². The average molecular weight is 196 g/mol. The Morgan fingerprint density at radius 1 is 1.29 bits per heavy atom. The highest BCUT2D eigenvalue weighted by atomic mass is 16.7. The van der Waals surface area contributed by atoms with Gasteiger partial charge in [0, 0.05) is 12.3 Å². The average Bonchev–Trinajstić information content (AvgIpc) is 2.59. The van der Waals surface area contributed by atoms with E-state index in [2.05, 4.69) is 20.4 Å². The number of hydrogen-bond donors (Lipinski definition) is 0. The highest BCUT2D eigenvalue weighted by Gasteiger charge is 2.46. The lowest BCUT2D eigenvalue weighted by Crippen LogP contribution is -2.43. The zero-order valence-corrected chi connectivity index (χ0v) is 9.21. The molecule has 2 heteroatoms. The lowest BCUT2D eigenvalue weighted by Gasteiger charge is -2.41. The van der Waals surface area contributed by atoms with Crippen LogP contribution in [0.3, 0.4) is 0 Å². The summed E-state index contributed by atoms with van der Waals surface area (Å²) in [5, 5.41) is 0. The molecule has 1 saturated heterocycles. The Bertz CT molecular complexity index is 228. The Kier molecular flexibility index (Phi) is 2.67. The molecule has 0 N–H and O–H groups in total. The van der Waals surface area contributed by atoms with E-state index >= 15 is 0 Å². The molecule has 2 rings (SSSR count). The van der Waals surface area contributed by atoms with Gasteiger partial charge >= 0.3 is 0 Å². The molecule has 0 aromatic heterocycles. The minimum absolute atomic E-state index is 0.276. The third-order valence-corrected chi connectivity index (χ3v) is 3.70. The van der Waals surface area contributed by atoms with Crippen molar-refractivity contribution in [2.75, 3.05) is 13.2 Å². The summed E-state index contributed by atoms with van der Waals surface area (Å²) in [6.45, 7) is 9.91. The highest BCUT2D eigenvalue weighted by molar-refractivity contribution is 5.02. The fraction of sp³-hybridized carbons (Fsp3) is 0.833. The van der Waals surface area contributed by atoms with Crippen LogP contribution in [0.1, 0.15) is 33.1 Å². The fourth-order valence-corrected chi connectivity index (χ4v) is 2.61. The molecule has 1 aliphatic heterocycles. The fourth-order valence-electron chi connectivity index (χ4n) is 2.61. The molecule has 2 nitrogen and oxygen atoms in total. The molecule has 1 spiro atoms. The predicted octanol–water partition coefficient (Wildman–Crippen LogP) is 2.74. The van der Waals surface area contributed by atoms with Crippen molar-refractivity contribution in [2.24, 2.45) is 11.8 Å². The molecule has 0 aromatic rings. The van der Waals surface area contributed by atoms with Gasteiger partial charge in [-0.15, -0.1) is 0 Å². The molecule has 0 radical (unpaired) electrons. The molecule has 2 fully saturated rings. The number of allylic oxidation sites excluding steroid dienone is 1. The largest absolute Gasteiger partial charge is 0.347 e. The normalized spacial score (nSPS) is 36.1. The quantitative estimate of drug-likeness (QED) is 0.600. The summed E-state index contributed by atoms with van der Waals surface area (Å²) in [5.74, 6) is 0.840. The molecular formula is C12H20O2. The molecule has 2 aliphatic rings. The number of ether oxygens (including phenoxy) is 2. The van der Waals surface area contributed by atoms with Gasteiger partial charge < -0.3 is 9.47 Å². The number of rotatable bonds is 1. The zero-order valence-electron chi connectivity index (χ0n) is 9.21. The van der Waals surface area contributed by atoms with Gasteiger partial charge in [0.15, 0.2) is 5.79 Å². The van der Waals surface area contributed by atoms with Gasteiger partial charge in [-0.1, -0.05) is 19.1 Å². The molecule has 1 saturated carbocycles. The van der Waals surface area contributed by atoms with Crippen molar-refractivity contribution in [3.05, 3.63) is 12.2 Å². The summed E-state index contributed by atoms with van der Waals surface area (Å²) in [5.41, 5.74) is 1.27. The van der Waals surface area contributed by atoms with Gasteiger partial charge in [-0.2, -0.15) is 0 Å². The summed E-state index contributed by atoms with van der Waals surface area (Å²) in [6.07, 6.45) is 3.44. The zero-order chi connectivity index (χ0) is 10.2. The minimum Gasteiger partial charge on any atom is -0.347 e. The van der Waals surface area contributed by atoms with E-state index in [4.69, 9.17) is 9.47 Å². The second-order valence-corrected chi connectivity index (χ2v) is 4.73. The van der Waals surface area contributed by atoms with Crippen molar-refractivity contribution in [3.63, 3.8) is 0 Å². The first-order valence-corrected chi connectivity index (χ1v) is 5.57. The van der Waals surface area contributed by atoms with Crippen molar-refractivity contribution in [1.29, 1.82) is 0 Å². The Balaban J connectivity index is 2.10. The van der Waals surface area contributed by atoms with E-state index in [1.165, 1.54) is 18.4 Å². The first-order valence-electron chi connectivity index (χ1n) is 5.57. The Morgan fingerprint density at radius 2 is 1.93 bits per heavy atom. The molecule has 2 atom stereocenters. The Morgan fingerprint density at radius 3 is 2.50 bits per heavy atom. The van der Waals surface area contributed by atoms with Gasteiger partial charge in [-0.3, -0.25) is 0 Å². The van der Waals surface area contributed by atoms with E-state index in [0.29, 0.717) is 11.8 Å². The second kappa shape index (κ2) is 3.67. The molecule has 14 heavy (non-hydrogen) atoms. The van der Waals surface area contributed by atoms with E-state index < -0.39 is 0 Å². The molecule has 0 amide bonds. The van der Waals surface area contributed by atoms with E-state index in [1.54, 1.807) is 0 Å². The van der Waals surface area contributed by atoms with Gasteiger partial charge in [0.25, 0.3) is 0 Å². The van der Waals surface area contributed by atoms with Gasteiger partial charge in [0.1, 0.15) is 0 Å². The minimum atomic E-state index is -0.276. The Labute approximate surface area is 86.3 Å². The second-order valence-electron chi connectivity index (χ2n) is 4.73. The first kappa shape index (κ1) is 10.2. The molecule has 80 valence electrons.